The third-order valence-corrected chi connectivity index (χ3v) is 12.5. The molecule has 248 valence electrons. The summed E-state index contributed by atoms with van der Waals surface area (Å²) >= 11 is 0. The Bertz CT molecular complexity index is 3620. The molecule has 62 heavy (non-hydrogen) atoms. The molecule has 0 spiro atoms. The van der Waals surface area contributed by atoms with Crippen molar-refractivity contribution in [3.63, 3.8) is 0 Å². The maximum Gasteiger partial charge on any atom is 0.136 e. The number of hydrogen-bond donors (Lipinski definition) is 0. The van der Waals surface area contributed by atoms with Crippen molar-refractivity contribution in [2.24, 2.45) is 0 Å². The van der Waals surface area contributed by atoms with Gasteiger partial charge in [0.25, 0.3) is 0 Å². The molecule has 0 aliphatic heterocycles. The molecule has 9 aromatic carbocycles. The Morgan fingerprint density at radius 1 is 0.226 bits per heavy atom. The Balaban J connectivity index is 1.44. The van der Waals surface area contributed by atoms with E-state index in [9.17, 15) is 0 Å². The quantitative estimate of drug-likeness (QED) is 0.131. The van der Waals surface area contributed by atoms with Crippen molar-refractivity contribution in [2.45, 2.75) is 0 Å². The molecule has 0 bridgehead atoms. The predicted octanol–water partition coefficient (Wildman–Crippen LogP) is -4.89. The molecule has 1 nitrogen and oxygen atoms in total. The number of benzene rings is 9. The fourth-order valence-electron chi connectivity index (χ4n) is 9.41. The summed E-state index contributed by atoms with van der Waals surface area (Å²) in [4.78, 5) is 0. The SMILES string of the molecule is [B]c1c([B])c([B])c2c([B])c(-c3c4c([B])c([B])c([B])c([B])c4c(-c4ccc(-c5cccc6oc7ccccc7c56)c5ccccc45)c4c([B])c([B])c([B])c([B])c34)c([B])c([B])c2c1[B]. The van der Waals surface area contributed by atoms with Gasteiger partial charge < -0.3 is 4.42 Å². The van der Waals surface area contributed by atoms with Crippen LogP contribution in [0.5, 0.6) is 0 Å². The minimum Gasteiger partial charge on any atom is -0.456 e. The maximum absolute atomic E-state index is 7.14. The Morgan fingerprint density at radius 3 is 1.15 bits per heavy atom. The van der Waals surface area contributed by atoms with E-state index >= 15 is 0 Å². The fourth-order valence-corrected chi connectivity index (χ4v) is 9.41. The van der Waals surface area contributed by atoms with Crippen LogP contribution in [0.1, 0.15) is 0 Å². The van der Waals surface area contributed by atoms with Gasteiger partial charge in [-0.2, -0.15) is 0 Å². The van der Waals surface area contributed by atoms with Crippen molar-refractivity contribution in [1.82, 2.24) is 0 Å². The van der Waals surface area contributed by atoms with Crippen LogP contribution in [0.2, 0.25) is 0 Å². The molecule has 1 heterocycles. The largest absolute Gasteiger partial charge is 0.456 e. The molecule has 0 N–H and O–H groups in total. The molecule has 1 aromatic heterocycles. The smallest absolute Gasteiger partial charge is 0.136 e. The maximum atomic E-state index is 7.14. The highest BCUT2D eigenvalue weighted by Gasteiger charge is 2.28. The van der Waals surface area contributed by atoms with E-state index < -0.39 is 0 Å². The first-order valence-corrected chi connectivity index (χ1v) is 19.3. The number of furan rings is 1. The van der Waals surface area contributed by atoms with E-state index in [0.717, 1.165) is 43.8 Å². The molecule has 0 saturated carbocycles. The first-order chi connectivity index (χ1) is 29.6. The van der Waals surface area contributed by atoms with Crippen LogP contribution in [-0.2, 0) is 0 Å². The number of para-hydroxylation sites is 1. The lowest BCUT2D eigenvalue weighted by molar-refractivity contribution is 0.669. The zero-order valence-corrected chi connectivity index (χ0v) is 33.1. The summed E-state index contributed by atoms with van der Waals surface area (Å²) in [5.74, 6) is 0. The van der Waals surface area contributed by atoms with Crippen LogP contribution < -0.4 is 81.9 Å². The molecule has 30 radical (unpaired) electrons. The lowest BCUT2D eigenvalue weighted by Gasteiger charge is -2.31. The molecule has 0 amide bonds. The van der Waals surface area contributed by atoms with Gasteiger partial charge in [-0.05, 0) is 88.6 Å². The second-order valence-electron chi connectivity index (χ2n) is 15.6. The van der Waals surface area contributed by atoms with E-state index in [1.165, 1.54) is 0 Å². The van der Waals surface area contributed by atoms with Crippen molar-refractivity contribution in [1.29, 1.82) is 0 Å². The van der Waals surface area contributed by atoms with E-state index in [0.29, 0.717) is 21.9 Å². The van der Waals surface area contributed by atoms with Crippen molar-refractivity contribution in [2.75, 3.05) is 0 Å². The molecule has 10 aromatic rings. The first kappa shape index (κ1) is 40.8. The molecule has 0 atom stereocenters. The van der Waals surface area contributed by atoms with Gasteiger partial charge in [0, 0.05) is 10.8 Å². The van der Waals surface area contributed by atoms with Crippen LogP contribution in [-0.4, -0.2) is 118 Å². The van der Waals surface area contributed by atoms with Crippen molar-refractivity contribution in [3.05, 3.63) is 78.9 Å². The third kappa shape index (κ3) is 5.37. The summed E-state index contributed by atoms with van der Waals surface area (Å²) in [6.07, 6.45) is 0. The van der Waals surface area contributed by atoms with Gasteiger partial charge in [0.15, 0.2) is 0 Å². The second kappa shape index (κ2) is 14.4. The van der Waals surface area contributed by atoms with Crippen LogP contribution in [0, 0.1) is 0 Å². The van der Waals surface area contributed by atoms with E-state index in [-0.39, 0.29) is 115 Å². The summed E-state index contributed by atoms with van der Waals surface area (Å²) in [5.41, 5.74) is 5.20. The lowest BCUT2D eigenvalue weighted by Crippen LogP contribution is -2.52. The molecule has 10 rings (SSSR count). The summed E-state index contributed by atoms with van der Waals surface area (Å²) in [5, 5.41) is 5.25. The van der Waals surface area contributed by atoms with Gasteiger partial charge in [0.1, 0.15) is 129 Å². The van der Waals surface area contributed by atoms with Gasteiger partial charge in [0.2, 0.25) is 0 Å². The predicted molar refractivity (Wildman–Crippen MR) is 281 cm³/mol. The van der Waals surface area contributed by atoms with E-state index in [4.69, 9.17) is 122 Å². The van der Waals surface area contributed by atoms with Crippen LogP contribution in [0.15, 0.2) is 83.3 Å². The van der Waals surface area contributed by atoms with Crippen LogP contribution in [0.4, 0.5) is 0 Å². The average molecular weight is 744 g/mol. The number of fused-ring (bicyclic) bond motifs is 7. The van der Waals surface area contributed by atoms with Crippen molar-refractivity contribution < 1.29 is 4.42 Å². The average Bonchev–Trinajstić information content (AvgIpc) is 3.67. The third-order valence-electron chi connectivity index (χ3n) is 12.5. The fraction of sp³-hybridized carbons (Fsp3) is 0. The zero-order chi connectivity index (χ0) is 44.0. The lowest BCUT2D eigenvalue weighted by atomic mass is 9.56. The van der Waals surface area contributed by atoms with Crippen LogP contribution in [0.25, 0.3) is 98.4 Å². The highest BCUT2D eigenvalue weighted by Crippen LogP contribution is 2.45. The zero-order valence-electron chi connectivity index (χ0n) is 33.1. The normalized spacial score (nSPS) is 11.9. The van der Waals surface area contributed by atoms with Gasteiger partial charge in [0.05, 0.1) is 0 Å². The molecule has 0 fully saturated rings. The summed E-state index contributed by atoms with van der Waals surface area (Å²) < 4.78 is 6.28. The second-order valence-corrected chi connectivity index (χ2v) is 15.6. The summed E-state index contributed by atoms with van der Waals surface area (Å²) in [7, 11) is 102. The minimum absolute atomic E-state index is 0.00241. The van der Waals surface area contributed by atoms with Gasteiger partial charge >= 0.3 is 0 Å². The molecule has 0 aliphatic carbocycles. The van der Waals surface area contributed by atoms with Gasteiger partial charge in [-0.1, -0.05) is 116 Å². The Hall–Kier alpha value is -5.21. The van der Waals surface area contributed by atoms with Crippen LogP contribution >= 0.6 is 0 Å². The van der Waals surface area contributed by atoms with E-state index in [2.05, 4.69) is 6.07 Å². The van der Waals surface area contributed by atoms with Crippen molar-refractivity contribution >= 4 is 265 Å². The standard InChI is InChI=1S/C46H13B15O/c47-32-29(37(52)38(53)31-30(32)39(54)45(60)46(61)40(31)55)24-27-25(33(48)41(56)43(58)35(27)50)23(26-28(24)36(51)44(59)42(57)34(26)49)18-13-12-16(14-6-1-2-7-15(14)18)17-9-5-11-21-22(17)19-8-3-4-10-20(19)62-21/h1-13H. The Kier molecular flexibility index (Phi) is 9.50. The van der Waals surface area contributed by atoms with Gasteiger partial charge in [-0.25, -0.2) is 0 Å². The number of hydrogen-bond acceptors (Lipinski definition) is 1. The van der Waals surface area contributed by atoms with E-state index in [1.807, 2.05) is 72.8 Å². The highest BCUT2D eigenvalue weighted by molar-refractivity contribution is 6.75. The molecular weight excluding hydrogens is 731 g/mol. The van der Waals surface area contributed by atoms with E-state index in [1.54, 1.807) is 0 Å². The topological polar surface area (TPSA) is 13.1 Å². The van der Waals surface area contributed by atoms with Gasteiger partial charge in [-0.15, -0.1) is 32.8 Å². The molecule has 0 saturated heterocycles. The summed E-state index contributed by atoms with van der Waals surface area (Å²) in [6, 6.07) is 25.9. The highest BCUT2D eigenvalue weighted by atomic mass is 16.3. The van der Waals surface area contributed by atoms with Crippen LogP contribution in [0.3, 0.4) is 0 Å². The Morgan fingerprint density at radius 2 is 0.613 bits per heavy atom. The molecular formula is C46H13B15O. The molecule has 0 aliphatic rings. The molecule has 0 unspecified atom stereocenters. The summed E-state index contributed by atoms with van der Waals surface area (Å²) in [6.45, 7) is 0. The number of rotatable bonds is 3. The Labute approximate surface area is 379 Å². The monoisotopic (exact) mass is 746 g/mol. The van der Waals surface area contributed by atoms with Crippen molar-refractivity contribution in [3.8, 4) is 33.4 Å². The van der Waals surface area contributed by atoms with Gasteiger partial charge in [-0.3, -0.25) is 0 Å². The minimum atomic E-state index is -0.0295. The first-order valence-electron chi connectivity index (χ1n) is 19.3. The molecule has 16 heteroatoms.